The quantitative estimate of drug-likeness (QED) is 0.0759. The van der Waals surface area contributed by atoms with E-state index in [9.17, 15) is 42.9 Å². The SMILES string of the molecule is CO[C@@H]1C[C@H](C[C@@H](C)[C@@H]2CC[C@H](C)/C=C(\C)[C@@H](O)[C@@H](OC)C(=O)[C@H](C)C[C@H](C)/C=C/C=C/C=C(\C)[C@H](NS(=O)(=O)CCCCl)C[C@@H]3CC[C@@H](C)[C@@](O)(O3)C(=O)C(=O)N3CCCC[C@H]3C(=O)O2)CC[C@H]1O. The minimum atomic E-state index is -3.82. The van der Waals surface area contributed by atoms with Crippen LogP contribution in [0.1, 0.15) is 138 Å². The van der Waals surface area contributed by atoms with Crippen LogP contribution in [0.5, 0.6) is 0 Å². The lowest BCUT2D eigenvalue weighted by molar-refractivity contribution is -0.264. The molecule has 15 atom stereocenters. The number of nitrogens with zero attached hydrogens (tertiary/aromatic N) is 1. The van der Waals surface area contributed by atoms with Crippen molar-refractivity contribution in [2.75, 3.05) is 32.4 Å². The molecule has 17 heteroatoms. The minimum absolute atomic E-state index is 0.0204. The highest BCUT2D eigenvalue weighted by Crippen LogP contribution is 2.38. The van der Waals surface area contributed by atoms with E-state index in [1.54, 1.807) is 46.1 Å². The number of alkyl halides is 1. The van der Waals surface area contributed by atoms with Crippen molar-refractivity contribution in [1.82, 2.24) is 9.62 Å². The van der Waals surface area contributed by atoms with Crippen molar-refractivity contribution in [2.45, 2.75) is 193 Å². The van der Waals surface area contributed by atoms with Crippen LogP contribution in [0.4, 0.5) is 0 Å². The van der Waals surface area contributed by atoms with Gasteiger partial charge in [0.25, 0.3) is 11.7 Å². The fourth-order valence-corrected chi connectivity index (χ4v) is 12.4. The Labute approximate surface area is 423 Å². The molecule has 4 aliphatic rings. The number of hydrogen-bond donors (Lipinski definition) is 4. The fraction of sp³-hybridized carbons (Fsp3) is 0.774. The molecule has 1 amide bonds. The van der Waals surface area contributed by atoms with E-state index in [4.69, 9.17) is 30.5 Å². The number of Topliss-reactive ketones (excluding diaryl/α,β-unsaturated/α-hetero) is 2. The predicted octanol–water partition coefficient (Wildman–Crippen LogP) is 6.90. The van der Waals surface area contributed by atoms with E-state index in [0.29, 0.717) is 75.4 Å². The second kappa shape index (κ2) is 28.0. The molecule has 3 aliphatic heterocycles. The molecule has 70 heavy (non-hydrogen) atoms. The van der Waals surface area contributed by atoms with Gasteiger partial charge in [-0.05, 0) is 133 Å². The van der Waals surface area contributed by atoms with Crippen LogP contribution in [-0.4, -0.2) is 139 Å². The number of piperidine rings is 1. The summed E-state index contributed by atoms with van der Waals surface area (Å²) in [5, 5.41) is 34.1. The van der Waals surface area contributed by atoms with Gasteiger partial charge in [-0.2, -0.15) is 0 Å². The molecular formula is C53H85ClN2O13S. The number of rotatable bonds is 10. The monoisotopic (exact) mass is 1020 g/mol. The Morgan fingerprint density at radius 2 is 1.61 bits per heavy atom. The van der Waals surface area contributed by atoms with Gasteiger partial charge < -0.3 is 39.2 Å². The molecule has 0 aromatic heterocycles. The molecule has 3 heterocycles. The number of esters is 1. The van der Waals surface area contributed by atoms with Crippen LogP contribution in [0.15, 0.2) is 47.6 Å². The first-order valence-electron chi connectivity index (χ1n) is 25.7. The molecular weight excluding hydrogens is 940 g/mol. The average molecular weight is 1030 g/mol. The maximum Gasteiger partial charge on any atom is 0.329 e. The summed E-state index contributed by atoms with van der Waals surface area (Å²) in [6.07, 6.45) is 13.0. The summed E-state index contributed by atoms with van der Waals surface area (Å²) in [6.45, 7) is 13.1. The van der Waals surface area contributed by atoms with Crippen LogP contribution in [0.25, 0.3) is 0 Å². The summed E-state index contributed by atoms with van der Waals surface area (Å²) in [5.41, 5.74) is 1.21. The van der Waals surface area contributed by atoms with E-state index in [1.807, 2.05) is 45.9 Å². The van der Waals surface area contributed by atoms with Crippen LogP contribution >= 0.6 is 11.6 Å². The molecule has 2 bridgehead atoms. The van der Waals surface area contributed by atoms with Crippen molar-refractivity contribution >= 4 is 45.1 Å². The van der Waals surface area contributed by atoms with E-state index in [2.05, 4.69) is 4.72 Å². The molecule has 0 aromatic carbocycles. The van der Waals surface area contributed by atoms with Crippen LogP contribution < -0.4 is 4.72 Å². The van der Waals surface area contributed by atoms with Gasteiger partial charge in [-0.25, -0.2) is 17.9 Å². The van der Waals surface area contributed by atoms with Gasteiger partial charge in [0.1, 0.15) is 24.4 Å². The van der Waals surface area contributed by atoms with Gasteiger partial charge in [-0.15, -0.1) is 11.6 Å². The van der Waals surface area contributed by atoms with Gasteiger partial charge in [0.05, 0.1) is 24.1 Å². The largest absolute Gasteiger partial charge is 0.461 e. The van der Waals surface area contributed by atoms with Crippen LogP contribution in [0.3, 0.4) is 0 Å². The lowest BCUT2D eigenvalue weighted by Crippen LogP contribution is -2.61. The number of sulfonamides is 1. The topological polar surface area (TPSA) is 215 Å². The number of ketones is 2. The van der Waals surface area contributed by atoms with Gasteiger partial charge in [-0.3, -0.25) is 14.4 Å². The lowest BCUT2D eigenvalue weighted by atomic mass is 9.78. The Balaban J connectivity index is 1.72. The zero-order valence-electron chi connectivity index (χ0n) is 43.2. The highest BCUT2D eigenvalue weighted by molar-refractivity contribution is 7.89. The van der Waals surface area contributed by atoms with Gasteiger partial charge in [-0.1, -0.05) is 76.6 Å². The number of cyclic esters (lactones) is 1. The van der Waals surface area contributed by atoms with E-state index in [-0.39, 0.29) is 73.0 Å². The lowest BCUT2D eigenvalue weighted by Gasteiger charge is -2.43. The van der Waals surface area contributed by atoms with E-state index >= 15 is 0 Å². The van der Waals surface area contributed by atoms with Crippen molar-refractivity contribution in [2.24, 2.45) is 35.5 Å². The maximum absolute atomic E-state index is 14.5. The first-order chi connectivity index (χ1) is 33.0. The zero-order chi connectivity index (χ0) is 51.9. The van der Waals surface area contributed by atoms with E-state index < -0.39 is 87.9 Å². The molecule has 0 radical (unpaired) electrons. The summed E-state index contributed by atoms with van der Waals surface area (Å²) in [5.74, 6) is -7.00. The highest BCUT2D eigenvalue weighted by atomic mass is 35.5. The van der Waals surface area contributed by atoms with Gasteiger partial charge >= 0.3 is 5.97 Å². The summed E-state index contributed by atoms with van der Waals surface area (Å²) in [4.78, 5) is 58.2. The van der Waals surface area contributed by atoms with Crippen LogP contribution in [0, 0.1) is 35.5 Å². The minimum Gasteiger partial charge on any atom is -0.461 e. The molecule has 0 spiro atoms. The third-order valence-electron chi connectivity index (χ3n) is 15.2. The summed E-state index contributed by atoms with van der Waals surface area (Å²) >= 11 is 5.85. The smallest absolute Gasteiger partial charge is 0.329 e. The molecule has 2 saturated heterocycles. The molecule has 398 valence electrons. The third kappa shape index (κ3) is 16.9. The van der Waals surface area contributed by atoms with E-state index in [1.165, 1.54) is 12.0 Å². The van der Waals surface area contributed by atoms with Gasteiger partial charge in [0, 0.05) is 44.5 Å². The number of nitrogens with one attached hydrogen (secondary N) is 1. The standard InChI is InChI=1S/C53H85ClN2O13S/c1-33-16-11-10-12-17-35(3)42(55-70(64,65)27-15-25-54)32-41-22-20-39(7)53(63,69-41)50(60)51(61)56-26-14-13-18-43(56)52(62)68-45(36(4)30-40-21-23-44(57)46(31-40)66-8)24-19-34(2)29-38(6)48(59)49(67-9)47(58)37(5)28-33/h10-12,16-17,29,33-34,36-37,39-46,48-49,55,57,59,63H,13-15,18-28,30-32H2,1-9H3/b12-10+,16-11+,35-17+,38-29+/t33-,34+,36-,37-,39-,40+,41+,42-,43+,44-,45+,46-,48-,49+,53-/m1/s1. The first-order valence-corrected chi connectivity index (χ1v) is 27.9. The van der Waals surface area contributed by atoms with Crippen molar-refractivity contribution in [1.29, 1.82) is 0 Å². The molecule has 15 nitrogen and oxygen atoms in total. The molecule has 0 aromatic rings. The summed E-state index contributed by atoms with van der Waals surface area (Å²) < 4.78 is 53.1. The normalized spacial score (nSPS) is 38.6. The Kier molecular flexibility index (Phi) is 23.9. The Morgan fingerprint density at radius 3 is 2.30 bits per heavy atom. The van der Waals surface area contributed by atoms with Gasteiger partial charge in [0.15, 0.2) is 5.78 Å². The van der Waals surface area contributed by atoms with Crippen molar-refractivity contribution in [3.05, 3.63) is 47.6 Å². The van der Waals surface area contributed by atoms with E-state index in [0.717, 1.165) is 6.42 Å². The van der Waals surface area contributed by atoms with Crippen molar-refractivity contribution in [3.8, 4) is 0 Å². The Bertz CT molecular complexity index is 1980. The zero-order valence-corrected chi connectivity index (χ0v) is 44.8. The predicted molar refractivity (Wildman–Crippen MR) is 270 cm³/mol. The Hall–Kier alpha value is -2.80. The molecule has 4 rings (SSSR count). The molecule has 4 N–H and O–H groups in total. The van der Waals surface area contributed by atoms with Crippen LogP contribution in [0.2, 0.25) is 0 Å². The number of halogens is 1. The molecule has 1 aliphatic carbocycles. The average Bonchev–Trinajstić information content (AvgIpc) is 3.32. The number of allylic oxidation sites excluding steroid dienone is 6. The van der Waals surface area contributed by atoms with Crippen LogP contribution in [-0.2, 0) is 48.1 Å². The molecule has 3 fully saturated rings. The summed E-state index contributed by atoms with van der Waals surface area (Å²) in [7, 11) is -0.815. The number of fused-ring (bicyclic) bond motifs is 3. The fourth-order valence-electron chi connectivity index (χ4n) is 10.7. The maximum atomic E-state index is 14.5. The number of carbonyl (C=O) groups excluding carboxylic acids is 4. The first kappa shape index (κ1) is 59.8. The van der Waals surface area contributed by atoms with Crippen molar-refractivity contribution in [3.63, 3.8) is 0 Å². The number of hydrogen-bond acceptors (Lipinski definition) is 13. The van der Waals surface area contributed by atoms with Crippen molar-refractivity contribution < 1.29 is 61.9 Å². The third-order valence-corrected chi connectivity index (χ3v) is 16.9. The number of amides is 1. The highest BCUT2D eigenvalue weighted by Gasteiger charge is 2.53. The number of ether oxygens (including phenoxy) is 4. The number of aliphatic hydroxyl groups is 3. The Morgan fingerprint density at radius 1 is 0.886 bits per heavy atom. The number of aliphatic hydroxyl groups excluding tert-OH is 2. The van der Waals surface area contributed by atoms with Gasteiger partial charge in [0.2, 0.25) is 15.8 Å². The summed E-state index contributed by atoms with van der Waals surface area (Å²) in [6, 6.07) is -1.90. The second-order valence-electron chi connectivity index (χ2n) is 21.0. The molecule has 0 unspecified atom stereocenters. The second-order valence-corrected chi connectivity index (χ2v) is 23.2. The number of carbonyl (C=O) groups is 4. The number of methoxy groups -OCH3 is 2. The molecule has 1 saturated carbocycles.